The van der Waals surface area contributed by atoms with Crippen LogP contribution in [-0.2, 0) is 6.54 Å². The van der Waals surface area contributed by atoms with Gasteiger partial charge < -0.3 is 9.55 Å². The first-order valence-electron chi connectivity index (χ1n) is 7.06. The van der Waals surface area contributed by atoms with Crippen molar-refractivity contribution in [3.8, 4) is 0 Å². The van der Waals surface area contributed by atoms with Gasteiger partial charge in [-0.3, -0.25) is 0 Å². The second-order valence-corrected chi connectivity index (χ2v) is 6.96. The van der Waals surface area contributed by atoms with Crippen LogP contribution in [0.15, 0.2) is 12.1 Å². The zero-order chi connectivity index (χ0) is 14.3. The summed E-state index contributed by atoms with van der Waals surface area (Å²) in [5.41, 5.74) is 1.89. The van der Waals surface area contributed by atoms with E-state index in [1.54, 1.807) is 6.07 Å². The average Bonchev–Trinajstić information content (AvgIpc) is 2.67. The summed E-state index contributed by atoms with van der Waals surface area (Å²) < 4.78 is 16.2. The summed E-state index contributed by atoms with van der Waals surface area (Å²) in [7, 11) is 0. The van der Waals surface area contributed by atoms with Crippen LogP contribution in [0.25, 0.3) is 11.0 Å². The molecular weight excluding hydrogens is 295 g/mol. The van der Waals surface area contributed by atoms with E-state index in [4.69, 9.17) is 23.8 Å². The minimum absolute atomic E-state index is 0.147. The standard InChI is InChI=1S/C15H18ClFN2S/c1-15(5-3-2-4-6-15)9-19-13-7-10(16)11(17)8-12(13)18-14(19)20/h7-8H,2-6,9H2,1H3,(H,18,20). The molecule has 3 rings (SSSR count). The van der Waals surface area contributed by atoms with Gasteiger partial charge in [0.1, 0.15) is 5.82 Å². The van der Waals surface area contributed by atoms with Gasteiger partial charge in [-0.1, -0.05) is 37.8 Å². The molecule has 1 saturated carbocycles. The Labute approximate surface area is 127 Å². The lowest BCUT2D eigenvalue weighted by Gasteiger charge is -2.34. The molecule has 1 fully saturated rings. The van der Waals surface area contributed by atoms with Gasteiger partial charge >= 0.3 is 0 Å². The van der Waals surface area contributed by atoms with E-state index in [1.165, 1.54) is 38.2 Å². The van der Waals surface area contributed by atoms with Gasteiger partial charge in [-0.05, 0) is 36.5 Å². The maximum absolute atomic E-state index is 13.5. The number of hydrogen-bond acceptors (Lipinski definition) is 1. The number of halogens is 2. The second kappa shape index (κ2) is 5.15. The molecule has 0 spiro atoms. The molecule has 108 valence electrons. The summed E-state index contributed by atoms with van der Waals surface area (Å²) in [6.45, 7) is 3.19. The van der Waals surface area contributed by atoms with Gasteiger partial charge in [0.15, 0.2) is 4.77 Å². The highest BCUT2D eigenvalue weighted by atomic mass is 35.5. The Morgan fingerprint density at radius 1 is 1.35 bits per heavy atom. The van der Waals surface area contributed by atoms with Crippen LogP contribution >= 0.6 is 23.8 Å². The lowest BCUT2D eigenvalue weighted by Crippen LogP contribution is -2.26. The van der Waals surface area contributed by atoms with E-state index in [0.29, 0.717) is 4.77 Å². The Hall–Kier alpha value is -0.870. The first-order valence-corrected chi connectivity index (χ1v) is 7.85. The molecule has 20 heavy (non-hydrogen) atoms. The highest BCUT2D eigenvalue weighted by molar-refractivity contribution is 7.71. The number of hydrogen-bond donors (Lipinski definition) is 1. The largest absolute Gasteiger partial charge is 0.330 e. The van der Waals surface area contributed by atoms with Gasteiger partial charge in [0.05, 0.1) is 16.1 Å². The number of H-pyrrole nitrogens is 1. The summed E-state index contributed by atoms with van der Waals surface area (Å²) in [5, 5.41) is 0.147. The van der Waals surface area contributed by atoms with Crippen molar-refractivity contribution in [1.29, 1.82) is 0 Å². The van der Waals surface area contributed by atoms with Crippen LogP contribution in [0, 0.1) is 16.0 Å². The van der Waals surface area contributed by atoms with Crippen molar-refractivity contribution in [1.82, 2.24) is 9.55 Å². The van der Waals surface area contributed by atoms with Crippen LogP contribution in [0.3, 0.4) is 0 Å². The number of rotatable bonds is 2. The van der Waals surface area contributed by atoms with Crippen LogP contribution in [0.2, 0.25) is 5.02 Å². The van der Waals surface area contributed by atoms with Crippen molar-refractivity contribution in [2.75, 3.05) is 0 Å². The van der Waals surface area contributed by atoms with Gasteiger partial charge in [-0.25, -0.2) is 4.39 Å². The molecule has 0 aliphatic heterocycles. The van der Waals surface area contributed by atoms with Crippen LogP contribution in [0.4, 0.5) is 4.39 Å². The number of imidazole rings is 1. The monoisotopic (exact) mass is 312 g/mol. The van der Waals surface area contributed by atoms with Crippen molar-refractivity contribution in [3.63, 3.8) is 0 Å². The number of nitrogens with one attached hydrogen (secondary N) is 1. The molecule has 0 saturated heterocycles. The predicted octanol–water partition coefficient (Wildman–Crippen LogP) is 5.46. The lowest BCUT2D eigenvalue weighted by molar-refractivity contribution is 0.184. The van der Waals surface area contributed by atoms with E-state index in [1.807, 2.05) is 0 Å². The van der Waals surface area contributed by atoms with Crippen molar-refractivity contribution in [3.05, 3.63) is 27.7 Å². The van der Waals surface area contributed by atoms with Gasteiger partial charge in [0.25, 0.3) is 0 Å². The molecule has 1 aromatic heterocycles. The third-order valence-corrected chi connectivity index (χ3v) is 5.03. The molecule has 1 N–H and O–H groups in total. The maximum Gasteiger partial charge on any atom is 0.178 e. The number of aromatic nitrogens is 2. The highest BCUT2D eigenvalue weighted by Crippen LogP contribution is 2.38. The molecule has 5 heteroatoms. The van der Waals surface area contributed by atoms with Crippen molar-refractivity contribution in [2.45, 2.75) is 45.6 Å². The fourth-order valence-corrected chi connectivity index (χ4v) is 3.68. The van der Waals surface area contributed by atoms with Crippen LogP contribution < -0.4 is 0 Å². The maximum atomic E-state index is 13.5. The summed E-state index contributed by atoms with van der Waals surface area (Å²) in [4.78, 5) is 3.08. The summed E-state index contributed by atoms with van der Waals surface area (Å²) in [5.74, 6) is -0.411. The molecule has 2 aromatic rings. The van der Waals surface area contributed by atoms with Gasteiger partial charge in [0, 0.05) is 12.6 Å². The van der Waals surface area contributed by atoms with Crippen molar-refractivity contribution < 1.29 is 4.39 Å². The van der Waals surface area contributed by atoms with Gasteiger partial charge in [0.2, 0.25) is 0 Å². The fourth-order valence-electron chi connectivity index (χ4n) is 3.25. The zero-order valence-electron chi connectivity index (χ0n) is 11.5. The number of benzene rings is 1. The van der Waals surface area contributed by atoms with Crippen molar-refractivity contribution in [2.24, 2.45) is 5.41 Å². The first-order chi connectivity index (χ1) is 9.48. The molecule has 0 unspecified atom stereocenters. The highest BCUT2D eigenvalue weighted by Gasteiger charge is 2.28. The number of fused-ring (bicyclic) bond motifs is 1. The molecule has 0 radical (unpaired) electrons. The third-order valence-electron chi connectivity index (χ3n) is 4.42. The van der Waals surface area contributed by atoms with E-state index in [9.17, 15) is 4.39 Å². The summed E-state index contributed by atoms with van der Waals surface area (Å²) >= 11 is 11.3. The molecule has 0 amide bonds. The lowest BCUT2D eigenvalue weighted by atomic mass is 9.75. The normalized spacial score (nSPS) is 18.6. The van der Waals surface area contributed by atoms with E-state index < -0.39 is 5.82 Å². The summed E-state index contributed by atoms with van der Waals surface area (Å²) in [6.07, 6.45) is 6.32. The van der Waals surface area contributed by atoms with Crippen LogP contribution in [0.5, 0.6) is 0 Å². The van der Waals surface area contributed by atoms with E-state index in [-0.39, 0.29) is 10.4 Å². The third kappa shape index (κ3) is 2.51. The van der Waals surface area contributed by atoms with Gasteiger partial charge in [-0.2, -0.15) is 0 Å². The molecule has 0 bridgehead atoms. The number of aromatic amines is 1. The smallest absolute Gasteiger partial charge is 0.178 e. The molecule has 0 atom stereocenters. The Morgan fingerprint density at radius 3 is 2.75 bits per heavy atom. The Morgan fingerprint density at radius 2 is 2.05 bits per heavy atom. The van der Waals surface area contributed by atoms with E-state index in [2.05, 4.69) is 16.5 Å². The Kier molecular flexibility index (Phi) is 3.63. The van der Waals surface area contributed by atoms with E-state index >= 15 is 0 Å². The van der Waals surface area contributed by atoms with Gasteiger partial charge in [-0.15, -0.1) is 0 Å². The Bertz CT molecular complexity index is 698. The van der Waals surface area contributed by atoms with Crippen molar-refractivity contribution >= 4 is 34.9 Å². The molecule has 1 aliphatic carbocycles. The zero-order valence-corrected chi connectivity index (χ0v) is 13.1. The number of nitrogens with zero attached hydrogens (tertiary/aromatic N) is 1. The second-order valence-electron chi connectivity index (χ2n) is 6.17. The quantitative estimate of drug-likeness (QED) is 0.730. The molecule has 1 heterocycles. The minimum Gasteiger partial charge on any atom is -0.330 e. The topological polar surface area (TPSA) is 20.7 Å². The molecule has 1 aromatic carbocycles. The predicted molar refractivity (Wildman–Crippen MR) is 83.3 cm³/mol. The molecular formula is C15H18ClFN2S. The van der Waals surface area contributed by atoms with E-state index in [0.717, 1.165) is 17.6 Å². The first kappa shape index (κ1) is 14.1. The average molecular weight is 313 g/mol. The Balaban J connectivity index is 2.04. The molecule has 2 nitrogen and oxygen atoms in total. The summed E-state index contributed by atoms with van der Waals surface area (Å²) in [6, 6.07) is 3.10. The minimum atomic E-state index is -0.411. The molecule has 1 aliphatic rings. The fraction of sp³-hybridized carbons (Fsp3) is 0.533. The van der Waals surface area contributed by atoms with Crippen LogP contribution in [0.1, 0.15) is 39.0 Å². The SMILES string of the molecule is CC1(Cn2c(=S)[nH]c3cc(F)c(Cl)cc32)CCCCC1. The van der Waals surface area contributed by atoms with Crippen LogP contribution in [-0.4, -0.2) is 9.55 Å².